The number of pyridine rings is 1. The van der Waals surface area contributed by atoms with Gasteiger partial charge in [-0.25, -0.2) is 9.37 Å². The van der Waals surface area contributed by atoms with Gasteiger partial charge in [0, 0.05) is 32.0 Å². The first-order chi connectivity index (χ1) is 13.2. The summed E-state index contributed by atoms with van der Waals surface area (Å²) in [5, 5.41) is 0. The van der Waals surface area contributed by atoms with Gasteiger partial charge in [0.2, 0.25) is 0 Å². The lowest BCUT2D eigenvalue weighted by atomic mass is 10.0. The number of nitrogens with zero attached hydrogens (tertiary/aromatic N) is 4. The van der Waals surface area contributed by atoms with Crippen molar-refractivity contribution in [3.63, 3.8) is 0 Å². The molecule has 3 aromatic rings. The first-order valence-corrected chi connectivity index (χ1v) is 9.26. The zero-order valence-electron chi connectivity index (χ0n) is 15.0. The molecule has 0 amide bonds. The molecule has 0 unspecified atom stereocenters. The molecule has 138 valence electrons. The van der Waals surface area contributed by atoms with E-state index in [1.54, 1.807) is 0 Å². The minimum Gasteiger partial charge on any atom is -0.364 e. The van der Waals surface area contributed by atoms with Crippen molar-refractivity contribution in [1.29, 1.82) is 0 Å². The number of ether oxygens (including phenoxy) is 1. The lowest BCUT2D eigenvalue weighted by molar-refractivity contribution is -0.0821. The summed E-state index contributed by atoms with van der Waals surface area (Å²) in [4.78, 5) is 11.0. The molecule has 0 N–H and O–H groups in total. The van der Waals surface area contributed by atoms with Crippen molar-refractivity contribution in [2.75, 3.05) is 13.1 Å². The fourth-order valence-corrected chi connectivity index (χ4v) is 4.16. The lowest BCUT2D eigenvalue weighted by Crippen LogP contribution is -2.44. The van der Waals surface area contributed by atoms with Gasteiger partial charge in [0.15, 0.2) is 0 Å². The van der Waals surface area contributed by atoms with Gasteiger partial charge in [0.05, 0.1) is 18.4 Å². The van der Waals surface area contributed by atoms with Gasteiger partial charge < -0.3 is 9.30 Å². The second-order valence-electron chi connectivity index (χ2n) is 7.44. The van der Waals surface area contributed by atoms with E-state index < -0.39 is 0 Å². The van der Waals surface area contributed by atoms with Crippen LogP contribution in [0.25, 0.3) is 11.3 Å². The molecule has 2 aromatic heterocycles. The molecule has 27 heavy (non-hydrogen) atoms. The van der Waals surface area contributed by atoms with Crippen molar-refractivity contribution in [3.8, 4) is 11.3 Å². The molecule has 5 nitrogen and oxygen atoms in total. The van der Waals surface area contributed by atoms with Gasteiger partial charge >= 0.3 is 0 Å². The molecular weight excluding hydrogens is 343 g/mol. The Kier molecular flexibility index (Phi) is 4.02. The number of fused-ring (bicyclic) bond motifs is 1. The molecule has 1 atom stereocenters. The topological polar surface area (TPSA) is 43.2 Å². The number of aromatic nitrogens is 3. The third-order valence-electron chi connectivity index (χ3n) is 5.58. The van der Waals surface area contributed by atoms with Crippen molar-refractivity contribution in [2.24, 2.45) is 0 Å². The minimum absolute atomic E-state index is 0.185. The van der Waals surface area contributed by atoms with E-state index in [9.17, 15) is 4.39 Å². The van der Waals surface area contributed by atoms with E-state index in [4.69, 9.17) is 4.74 Å². The van der Waals surface area contributed by atoms with Crippen LogP contribution in [0.3, 0.4) is 0 Å². The lowest BCUT2D eigenvalue weighted by Gasteiger charge is -2.35. The summed E-state index contributed by atoms with van der Waals surface area (Å²) < 4.78 is 21.8. The first kappa shape index (κ1) is 16.6. The van der Waals surface area contributed by atoms with E-state index in [0.29, 0.717) is 6.61 Å². The molecule has 4 heterocycles. The summed E-state index contributed by atoms with van der Waals surface area (Å²) in [5.74, 6) is 0.715. The van der Waals surface area contributed by atoms with E-state index in [2.05, 4.69) is 31.6 Å². The van der Waals surface area contributed by atoms with Crippen LogP contribution in [0.1, 0.15) is 17.8 Å². The molecule has 6 heteroatoms. The Hall–Kier alpha value is -2.57. The van der Waals surface area contributed by atoms with Crippen LogP contribution in [-0.4, -0.2) is 38.1 Å². The van der Waals surface area contributed by atoms with Crippen molar-refractivity contribution in [2.45, 2.75) is 31.7 Å². The Labute approximate surface area is 157 Å². The van der Waals surface area contributed by atoms with Crippen LogP contribution in [0.5, 0.6) is 0 Å². The number of benzene rings is 1. The molecule has 5 rings (SSSR count). The maximum atomic E-state index is 13.3. The fraction of sp³-hybridized carbons (Fsp3) is 0.333. The van der Waals surface area contributed by atoms with Gasteiger partial charge in [0.25, 0.3) is 0 Å². The third kappa shape index (κ3) is 3.15. The Morgan fingerprint density at radius 1 is 1.07 bits per heavy atom. The number of hydrogen-bond donors (Lipinski definition) is 0. The van der Waals surface area contributed by atoms with Crippen molar-refractivity contribution < 1.29 is 9.13 Å². The van der Waals surface area contributed by atoms with E-state index in [1.807, 2.05) is 30.7 Å². The monoisotopic (exact) mass is 364 g/mol. The predicted octanol–water partition coefficient (Wildman–Crippen LogP) is 3.26. The maximum absolute atomic E-state index is 13.3. The number of likely N-dealkylation sites (tertiary alicyclic amines) is 1. The second kappa shape index (κ2) is 6.55. The normalized spacial score (nSPS) is 22.3. The highest BCUT2D eigenvalue weighted by Crippen LogP contribution is 2.35. The average molecular weight is 364 g/mol. The van der Waals surface area contributed by atoms with E-state index >= 15 is 0 Å². The van der Waals surface area contributed by atoms with Crippen LogP contribution in [0.15, 0.2) is 55.0 Å². The Balaban J connectivity index is 1.36. The molecule has 1 spiro atoms. The van der Waals surface area contributed by atoms with Crippen molar-refractivity contribution in [1.82, 2.24) is 19.4 Å². The molecule has 1 saturated heterocycles. The van der Waals surface area contributed by atoms with Gasteiger partial charge in [-0.15, -0.1) is 0 Å². The molecule has 0 aliphatic carbocycles. The summed E-state index contributed by atoms with van der Waals surface area (Å²) in [6.07, 6.45) is 6.54. The number of imidazole rings is 1. The van der Waals surface area contributed by atoms with Crippen LogP contribution in [0.4, 0.5) is 4.39 Å². The molecule has 2 aliphatic heterocycles. The number of hydrogen-bond acceptors (Lipinski definition) is 4. The van der Waals surface area contributed by atoms with Crippen LogP contribution in [-0.2, 0) is 24.4 Å². The highest BCUT2D eigenvalue weighted by Gasteiger charge is 2.43. The quantitative estimate of drug-likeness (QED) is 0.716. The van der Waals surface area contributed by atoms with Gasteiger partial charge in [-0.2, -0.15) is 0 Å². The van der Waals surface area contributed by atoms with E-state index in [-0.39, 0.29) is 11.4 Å². The maximum Gasteiger partial charge on any atom is 0.135 e. The van der Waals surface area contributed by atoms with Crippen LogP contribution >= 0.6 is 0 Å². The molecule has 0 saturated carbocycles. The highest BCUT2D eigenvalue weighted by atomic mass is 19.1. The smallest absolute Gasteiger partial charge is 0.135 e. The molecular formula is C21H21FN4O. The van der Waals surface area contributed by atoms with Crippen LogP contribution in [0.2, 0.25) is 0 Å². The van der Waals surface area contributed by atoms with Gasteiger partial charge in [0.1, 0.15) is 23.8 Å². The molecule has 1 fully saturated rings. The summed E-state index contributed by atoms with van der Waals surface area (Å²) in [7, 11) is 0. The van der Waals surface area contributed by atoms with Crippen molar-refractivity contribution in [3.05, 3.63) is 72.2 Å². The fourth-order valence-electron chi connectivity index (χ4n) is 4.16. The molecule has 2 aliphatic rings. The van der Waals surface area contributed by atoms with Gasteiger partial charge in [-0.3, -0.25) is 9.88 Å². The summed E-state index contributed by atoms with van der Waals surface area (Å²) in [6.45, 7) is 4.12. The van der Waals surface area contributed by atoms with Gasteiger partial charge in [-0.05, 0) is 53.9 Å². The first-order valence-electron chi connectivity index (χ1n) is 9.26. The highest BCUT2D eigenvalue weighted by molar-refractivity contribution is 5.59. The van der Waals surface area contributed by atoms with Crippen LogP contribution in [0, 0.1) is 5.82 Å². The zero-order chi connectivity index (χ0) is 18.3. The van der Waals surface area contributed by atoms with Crippen molar-refractivity contribution >= 4 is 0 Å². The Morgan fingerprint density at radius 3 is 2.70 bits per heavy atom. The predicted molar refractivity (Wildman–Crippen MR) is 99.3 cm³/mol. The molecule has 1 aromatic carbocycles. The summed E-state index contributed by atoms with van der Waals surface area (Å²) in [6, 6.07) is 10.7. The average Bonchev–Trinajstić information content (AvgIpc) is 3.28. The Bertz CT molecular complexity index is 941. The largest absolute Gasteiger partial charge is 0.364 e. The number of halogens is 1. The van der Waals surface area contributed by atoms with E-state index in [0.717, 1.165) is 49.7 Å². The minimum atomic E-state index is -0.223. The Morgan fingerprint density at radius 2 is 1.89 bits per heavy atom. The van der Waals surface area contributed by atoms with Gasteiger partial charge in [-0.1, -0.05) is 0 Å². The molecule has 0 bridgehead atoms. The van der Waals surface area contributed by atoms with E-state index in [1.165, 1.54) is 17.7 Å². The third-order valence-corrected chi connectivity index (χ3v) is 5.58. The van der Waals surface area contributed by atoms with Crippen LogP contribution < -0.4 is 0 Å². The standard InChI is InChI=1S/C21H21FN4O/c22-18-3-1-17(2-4-18)19-11-24-20-13-27-21(15-26(19)20)7-10-25(14-21)12-16-5-8-23-9-6-16/h1-6,8-9,11H,7,10,12-15H2/t21-/m1/s1. The summed E-state index contributed by atoms with van der Waals surface area (Å²) >= 11 is 0. The molecule has 0 radical (unpaired) electrons. The summed E-state index contributed by atoms with van der Waals surface area (Å²) in [5.41, 5.74) is 3.10. The SMILES string of the molecule is Fc1ccc(-c2cnc3n2C[C@]2(CCN(Cc4ccncc4)C2)OC3)cc1. The number of rotatable bonds is 3. The second-order valence-corrected chi connectivity index (χ2v) is 7.44. The zero-order valence-corrected chi connectivity index (χ0v) is 15.0.